The van der Waals surface area contributed by atoms with E-state index in [-0.39, 0.29) is 5.82 Å². The first-order chi connectivity index (χ1) is 17.3. The molecule has 1 heterocycles. The van der Waals surface area contributed by atoms with Crippen molar-refractivity contribution in [2.75, 3.05) is 0 Å². The smallest absolute Gasteiger partial charge is 0.169 e. The molecular formula is C31H22FN3. The first kappa shape index (κ1) is 21.0. The Kier molecular flexibility index (Phi) is 5.39. The molecular weight excluding hydrogens is 433 g/mol. The highest BCUT2D eigenvalue weighted by atomic mass is 19.1. The molecule has 0 radical (unpaired) electrons. The second-order valence-electron chi connectivity index (χ2n) is 8.45. The Labute approximate surface area is 203 Å². The molecule has 1 N–H and O–H groups in total. The number of nitrogens with zero attached hydrogens (tertiary/aromatic N) is 2. The zero-order valence-electron chi connectivity index (χ0n) is 18.9. The summed E-state index contributed by atoms with van der Waals surface area (Å²) in [6.07, 6.45) is -0.459. The van der Waals surface area contributed by atoms with Crippen LogP contribution in [0.2, 0.25) is 0 Å². The van der Waals surface area contributed by atoms with Gasteiger partial charge in [-0.3, -0.25) is 0 Å². The lowest BCUT2D eigenvalue weighted by molar-refractivity contribution is 0.624. The SMILES string of the molecule is Fc1cc(-c2cccc3ccccc23)ccc1C1=NC(c2ccccc2)N=C(c2ccccc2)N1. The summed E-state index contributed by atoms with van der Waals surface area (Å²) in [5.74, 6) is 0.805. The van der Waals surface area contributed by atoms with Gasteiger partial charge in [-0.25, -0.2) is 14.4 Å². The lowest BCUT2D eigenvalue weighted by atomic mass is 9.97. The van der Waals surface area contributed by atoms with Gasteiger partial charge in [-0.1, -0.05) is 109 Å². The highest BCUT2D eigenvalue weighted by Gasteiger charge is 2.22. The topological polar surface area (TPSA) is 36.8 Å². The summed E-state index contributed by atoms with van der Waals surface area (Å²) < 4.78 is 15.6. The molecule has 5 aromatic rings. The van der Waals surface area contributed by atoms with Crippen molar-refractivity contribution < 1.29 is 4.39 Å². The summed E-state index contributed by atoms with van der Waals surface area (Å²) in [5.41, 5.74) is 4.12. The molecule has 0 saturated heterocycles. The van der Waals surface area contributed by atoms with Crippen LogP contribution in [0.4, 0.5) is 4.39 Å². The van der Waals surface area contributed by atoms with Crippen molar-refractivity contribution in [3.05, 3.63) is 144 Å². The first-order valence-electron chi connectivity index (χ1n) is 11.6. The number of rotatable bonds is 4. The monoisotopic (exact) mass is 455 g/mol. The van der Waals surface area contributed by atoms with Crippen LogP contribution in [-0.4, -0.2) is 11.7 Å². The van der Waals surface area contributed by atoms with Crippen molar-refractivity contribution in [2.45, 2.75) is 6.17 Å². The van der Waals surface area contributed by atoms with E-state index in [1.54, 1.807) is 12.1 Å². The first-order valence-corrected chi connectivity index (χ1v) is 11.6. The molecule has 35 heavy (non-hydrogen) atoms. The average Bonchev–Trinajstić information content (AvgIpc) is 2.93. The van der Waals surface area contributed by atoms with Crippen molar-refractivity contribution in [1.82, 2.24) is 5.32 Å². The van der Waals surface area contributed by atoms with Crippen molar-refractivity contribution >= 4 is 22.4 Å². The van der Waals surface area contributed by atoms with Crippen LogP contribution in [0.5, 0.6) is 0 Å². The van der Waals surface area contributed by atoms with E-state index in [0.29, 0.717) is 17.2 Å². The summed E-state index contributed by atoms with van der Waals surface area (Å²) in [5, 5.41) is 5.50. The van der Waals surface area contributed by atoms with Gasteiger partial charge in [0.2, 0.25) is 0 Å². The van der Waals surface area contributed by atoms with Crippen LogP contribution in [-0.2, 0) is 0 Å². The van der Waals surface area contributed by atoms with Gasteiger partial charge in [-0.2, -0.15) is 0 Å². The van der Waals surface area contributed by atoms with Crippen LogP contribution in [0.1, 0.15) is 22.9 Å². The molecule has 0 amide bonds. The Hall–Kier alpha value is -4.57. The van der Waals surface area contributed by atoms with Crippen molar-refractivity contribution in [2.24, 2.45) is 9.98 Å². The van der Waals surface area contributed by atoms with Crippen LogP contribution in [0.15, 0.2) is 131 Å². The number of hydrogen-bond acceptors (Lipinski definition) is 3. The second-order valence-corrected chi connectivity index (χ2v) is 8.45. The quantitative estimate of drug-likeness (QED) is 0.307. The van der Waals surface area contributed by atoms with E-state index in [1.807, 2.05) is 91.0 Å². The lowest BCUT2D eigenvalue weighted by Gasteiger charge is -2.22. The van der Waals surface area contributed by atoms with Gasteiger partial charge in [0, 0.05) is 5.56 Å². The van der Waals surface area contributed by atoms with Gasteiger partial charge in [0.25, 0.3) is 0 Å². The normalized spacial score (nSPS) is 15.3. The van der Waals surface area contributed by atoms with E-state index in [4.69, 9.17) is 9.98 Å². The maximum Gasteiger partial charge on any atom is 0.169 e. The standard InChI is InChI=1S/C31H22FN3/c32-28-20-24(26-17-9-15-21-10-7-8-16-25(21)26)18-19-27(28)31-34-29(22-11-3-1-4-12-22)33-30(35-31)23-13-5-2-6-14-23/h1-20,29H,(H,33,34,35). The van der Waals surface area contributed by atoms with Crippen LogP contribution < -0.4 is 5.32 Å². The number of halogens is 1. The summed E-state index contributed by atoms with van der Waals surface area (Å²) in [6.45, 7) is 0. The summed E-state index contributed by atoms with van der Waals surface area (Å²) in [4.78, 5) is 9.61. The molecule has 3 nitrogen and oxygen atoms in total. The fourth-order valence-corrected chi connectivity index (χ4v) is 4.46. The van der Waals surface area contributed by atoms with E-state index in [2.05, 4.69) is 23.5 Å². The lowest BCUT2D eigenvalue weighted by Crippen LogP contribution is -2.36. The Morgan fingerprint density at radius 2 is 1.26 bits per heavy atom. The third-order valence-corrected chi connectivity index (χ3v) is 6.21. The van der Waals surface area contributed by atoms with Gasteiger partial charge in [-0.15, -0.1) is 0 Å². The van der Waals surface area contributed by atoms with Gasteiger partial charge in [0.05, 0.1) is 5.56 Å². The predicted octanol–water partition coefficient (Wildman–Crippen LogP) is 7.14. The van der Waals surface area contributed by atoms with Crippen LogP contribution in [0.25, 0.3) is 21.9 Å². The van der Waals surface area contributed by atoms with E-state index in [1.165, 1.54) is 0 Å². The van der Waals surface area contributed by atoms with Gasteiger partial charge in [-0.05, 0) is 39.6 Å². The highest BCUT2D eigenvalue weighted by Crippen LogP contribution is 2.31. The average molecular weight is 456 g/mol. The van der Waals surface area contributed by atoms with E-state index in [0.717, 1.165) is 33.0 Å². The second kappa shape index (κ2) is 8.99. The molecule has 0 aliphatic carbocycles. The zero-order chi connectivity index (χ0) is 23.6. The molecule has 0 aromatic heterocycles. The Morgan fingerprint density at radius 3 is 2.06 bits per heavy atom. The third kappa shape index (κ3) is 4.11. The predicted molar refractivity (Wildman–Crippen MR) is 141 cm³/mol. The highest BCUT2D eigenvalue weighted by molar-refractivity contribution is 6.16. The molecule has 1 unspecified atom stereocenters. The summed E-state index contributed by atoms with van der Waals surface area (Å²) >= 11 is 0. The Bertz CT molecular complexity index is 1570. The third-order valence-electron chi connectivity index (χ3n) is 6.21. The molecule has 0 saturated carbocycles. The summed E-state index contributed by atoms with van der Waals surface area (Å²) in [6, 6.07) is 39.3. The maximum absolute atomic E-state index is 15.6. The number of hydrogen-bond donors (Lipinski definition) is 1. The molecule has 1 aliphatic heterocycles. The van der Waals surface area contributed by atoms with Crippen LogP contribution >= 0.6 is 0 Å². The fraction of sp³-hybridized carbons (Fsp3) is 0.0323. The van der Waals surface area contributed by atoms with E-state index < -0.39 is 6.17 Å². The Morgan fingerprint density at radius 1 is 0.571 bits per heavy atom. The molecule has 168 valence electrons. The molecule has 0 fully saturated rings. The number of amidine groups is 2. The fourth-order valence-electron chi connectivity index (χ4n) is 4.46. The van der Waals surface area contributed by atoms with Gasteiger partial charge < -0.3 is 5.32 Å². The number of nitrogens with one attached hydrogen (secondary N) is 1. The molecule has 4 heteroatoms. The molecule has 0 spiro atoms. The molecule has 1 aliphatic rings. The molecule has 5 aromatic carbocycles. The maximum atomic E-state index is 15.6. The minimum atomic E-state index is -0.459. The number of fused-ring (bicyclic) bond motifs is 1. The number of aliphatic imine (C=N–C) groups is 2. The van der Waals surface area contributed by atoms with Crippen LogP contribution in [0.3, 0.4) is 0 Å². The minimum Gasteiger partial charge on any atom is -0.324 e. The van der Waals surface area contributed by atoms with Crippen LogP contribution in [0, 0.1) is 5.82 Å². The largest absolute Gasteiger partial charge is 0.324 e. The van der Waals surface area contributed by atoms with Gasteiger partial charge in [0.15, 0.2) is 6.17 Å². The van der Waals surface area contributed by atoms with Gasteiger partial charge >= 0.3 is 0 Å². The van der Waals surface area contributed by atoms with Crippen molar-refractivity contribution in [3.8, 4) is 11.1 Å². The van der Waals surface area contributed by atoms with Crippen molar-refractivity contribution in [1.29, 1.82) is 0 Å². The van der Waals surface area contributed by atoms with E-state index >= 15 is 4.39 Å². The minimum absolute atomic E-state index is 0.331. The van der Waals surface area contributed by atoms with Crippen molar-refractivity contribution in [3.63, 3.8) is 0 Å². The Balaban J connectivity index is 1.42. The summed E-state index contributed by atoms with van der Waals surface area (Å²) in [7, 11) is 0. The molecule has 6 rings (SSSR count). The van der Waals surface area contributed by atoms with E-state index in [9.17, 15) is 0 Å². The molecule has 1 atom stereocenters. The van der Waals surface area contributed by atoms with Gasteiger partial charge in [0.1, 0.15) is 17.5 Å². The molecule has 0 bridgehead atoms. The zero-order valence-corrected chi connectivity index (χ0v) is 18.9. The number of benzene rings is 5.